The van der Waals surface area contributed by atoms with E-state index >= 15 is 0 Å². The maximum Gasteiger partial charge on any atom is 0.251 e. The highest BCUT2D eigenvalue weighted by Gasteiger charge is 2.19. The molecular weight excluding hydrogens is 372 g/mol. The van der Waals surface area contributed by atoms with Crippen LogP contribution in [-0.2, 0) is 6.42 Å². The first-order chi connectivity index (χ1) is 14.7. The molecule has 1 amide bonds. The highest BCUT2D eigenvalue weighted by Crippen LogP contribution is 2.29. The van der Waals surface area contributed by atoms with Gasteiger partial charge in [-0.3, -0.25) is 9.78 Å². The predicted molar refractivity (Wildman–Crippen MR) is 121 cm³/mol. The van der Waals surface area contributed by atoms with Crippen LogP contribution in [0.15, 0.2) is 60.9 Å². The summed E-state index contributed by atoms with van der Waals surface area (Å²) in [4.78, 5) is 24.1. The quantitative estimate of drug-likeness (QED) is 0.646. The molecule has 2 heterocycles. The molecule has 1 aliphatic rings. The van der Waals surface area contributed by atoms with E-state index in [0.29, 0.717) is 5.56 Å². The van der Waals surface area contributed by atoms with Crippen molar-refractivity contribution in [2.24, 2.45) is 0 Å². The van der Waals surface area contributed by atoms with Gasteiger partial charge in [0.15, 0.2) is 5.82 Å². The van der Waals surface area contributed by atoms with Gasteiger partial charge in [-0.15, -0.1) is 0 Å². The van der Waals surface area contributed by atoms with Crippen molar-refractivity contribution in [1.82, 2.24) is 15.3 Å². The molecule has 0 aliphatic carbocycles. The fourth-order valence-corrected chi connectivity index (χ4v) is 3.88. The van der Waals surface area contributed by atoms with Gasteiger partial charge in [-0.1, -0.05) is 43.3 Å². The molecular formula is C25H28N4O. The zero-order valence-corrected chi connectivity index (χ0v) is 17.6. The molecule has 1 N–H and O–H groups in total. The second kappa shape index (κ2) is 9.08. The van der Waals surface area contributed by atoms with Crippen LogP contribution in [-0.4, -0.2) is 29.0 Å². The van der Waals surface area contributed by atoms with Crippen molar-refractivity contribution in [3.05, 3.63) is 77.6 Å². The van der Waals surface area contributed by atoms with Crippen LogP contribution < -0.4 is 10.2 Å². The Morgan fingerprint density at radius 1 is 1.00 bits per heavy atom. The fraction of sp³-hybridized carbons (Fsp3) is 0.320. The second-order valence-electron chi connectivity index (χ2n) is 7.79. The average molecular weight is 401 g/mol. The molecule has 0 unspecified atom stereocenters. The molecule has 4 rings (SSSR count). The fourth-order valence-electron chi connectivity index (χ4n) is 3.88. The van der Waals surface area contributed by atoms with Gasteiger partial charge in [-0.2, -0.15) is 0 Å². The van der Waals surface area contributed by atoms with Crippen molar-refractivity contribution in [2.45, 2.75) is 39.2 Å². The van der Waals surface area contributed by atoms with Gasteiger partial charge >= 0.3 is 0 Å². The summed E-state index contributed by atoms with van der Waals surface area (Å²) in [5.74, 6) is 0.851. The highest BCUT2D eigenvalue weighted by molar-refractivity contribution is 5.95. The Bertz CT molecular complexity index is 992. The van der Waals surface area contributed by atoms with E-state index in [1.54, 1.807) is 12.4 Å². The molecule has 154 valence electrons. The Morgan fingerprint density at radius 3 is 2.33 bits per heavy atom. The largest absolute Gasteiger partial charge is 0.355 e. The van der Waals surface area contributed by atoms with E-state index in [0.717, 1.165) is 42.1 Å². The number of nitrogens with zero attached hydrogens (tertiary/aromatic N) is 3. The van der Waals surface area contributed by atoms with Crippen LogP contribution in [0.25, 0.3) is 11.3 Å². The van der Waals surface area contributed by atoms with Crippen LogP contribution in [0.1, 0.15) is 54.2 Å². The number of aryl methyl sites for hydroxylation is 1. The maximum absolute atomic E-state index is 12.7. The standard InChI is InChI=1S/C25H28N4O/c1-3-19-6-8-20(9-7-19)18(2)28-25(30)22-12-10-21(11-13-22)23-24(27-15-14-26-23)29-16-4-5-17-29/h6-15,18H,3-5,16-17H2,1-2H3,(H,28,30)/t18-/m0/s1. The molecule has 30 heavy (non-hydrogen) atoms. The van der Waals surface area contributed by atoms with Crippen LogP contribution in [0, 0.1) is 0 Å². The number of carbonyl (C=O) groups is 1. The zero-order chi connectivity index (χ0) is 20.9. The number of anilines is 1. The van der Waals surface area contributed by atoms with E-state index in [1.807, 2.05) is 31.2 Å². The smallest absolute Gasteiger partial charge is 0.251 e. The SMILES string of the molecule is CCc1ccc([C@H](C)NC(=O)c2ccc(-c3nccnc3N3CCCC3)cc2)cc1. The van der Waals surface area contributed by atoms with Crippen molar-refractivity contribution >= 4 is 11.7 Å². The second-order valence-corrected chi connectivity index (χ2v) is 7.79. The van der Waals surface area contributed by atoms with Crippen molar-refractivity contribution < 1.29 is 4.79 Å². The number of aromatic nitrogens is 2. The molecule has 1 atom stereocenters. The number of carbonyl (C=O) groups excluding carboxylic acids is 1. The Hall–Kier alpha value is -3.21. The van der Waals surface area contributed by atoms with Crippen LogP contribution in [0.2, 0.25) is 0 Å². The van der Waals surface area contributed by atoms with Gasteiger partial charge in [0.1, 0.15) is 5.69 Å². The predicted octanol–water partition coefficient (Wildman–Crippen LogP) is 4.80. The molecule has 1 fully saturated rings. The summed E-state index contributed by atoms with van der Waals surface area (Å²) in [6.07, 6.45) is 6.86. The Labute approximate surface area is 178 Å². The van der Waals surface area contributed by atoms with Gasteiger partial charge in [0.05, 0.1) is 6.04 Å². The minimum atomic E-state index is -0.0764. The molecule has 3 aromatic rings. The summed E-state index contributed by atoms with van der Waals surface area (Å²) in [5.41, 5.74) is 4.89. The third-order valence-electron chi connectivity index (χ3n) is 5.74. The Balaban J connectivity index is 1.47. The summed E-state index contributed by atoms with van der Waals surface area (Å²) >= 11 is 0. The topological polar surface area (TPSA) is 58.1 Å². The van der Waals surface area contributed by atoms with Crippen molar-refractivity contribution in [2.75, 3.05) is 18.0 Å². The summed E-state index contributed by atoms with van der Waals surface area (Å²) in [6, 6.07) is 16.0. The Kier molecular flexibility index (Phi) is 6.07. The minimum Gasteiger partial charge on any atom is -0.355 e. The molecule has 5 heteroatoms. The number of nitrogens with one attached hydrogen (secondary N) is 1. The molecule has 5 nitrogen and oxygen atoms in total. The third-order valence-corrected chi connectivity index (χ3v) is 5.74. The lowest BCUT2D eigenvalue weighted by atomic mass is 10.0. The molecule has 0 spiro atoms. The number of rotatable bonds is 6. The van der Waals surface area contributed by atoms with Crippen LogP contribution in [0.4, 0.5) is 5.82 Å². The lowest BCUT2D eigenvalue weighted by Gasteiger charge is -2.19. The van der Waals surface area contributed by atoms with Crippen molar-refractivity contribution in [1.29, 1.82) is 0 Å². The maximum atomic E-state index is 12.7. The first-order valence-electron chi connectivity index (χ1n) is 10.7. The van der Waals surface area contributed by atoms with E-state index in [4.69, 9.17) is 0 Å². The zero-order valence-electron chi connectivity index (χ0n) is 17.6. The van der Waals surface area contributed by atoms with Crippen LogP contribution in [0.3, 0.4) is 0 Å². The third kappa shape index (κ3) is 4.35. The van der Waals surface area contributed by atoms with Crippen LogP contribution in [0.5, 0.6) is 0 Å². The van der Waals surface area contributed by atoms with Crippen LogP contribution >= 0.6 is 0 Å². The van der Waals surface area contributed by atoms with E-state index < -0.39 is 0 Å². The molecule has 1 saturated heterocycles. The summed E-state index contributed by atoms with van der Waals surface area (Å²) in [7, 11) is 0. The summed E-state index contributed by atoms with van der Waals surface area (Å²) < 4.78 is 0. The van der Waals surface area contributed by atoms with E-state index in [2.05, 4.69) is 51.4 Å². The van der Waals surface area contributed by atoms with Gasteiger partial charge < -0.3 is 10.2 Å². The summed E-state index contributed by atoms with van der Waals surface area (Å²) in [5, 5.41) is 3.09. The summed E-state index contributed by atoms with van der Waals surface area (Å²) in [6.45, 7) is 6.18. The lowest BCUT2D eigenvalue weighted by molar-refractivity contribution is 0.0940. The molecule has 0 radical (unpaired) electrons. The van der Waals surface area contributed by atoms with Crippen molar-refractivity contribution in [3.63, 3.8) is 0 Å². The molecule has 1 aliphatic heterocycles. The van der Waals surface area contributed by atoms with E-state index in [-0.39, 0.29) is 11.9 Å². The van der Waals surface area contributed by atoms with Gasteiger partial charge in [-0.05, 0) is 49.4 Å². The lowest BCUT2D eigenvalue weighted by Crippen LogP contribution is -2.26. The molecule has 2 aromatic carbocycles. The monoisotopic (exact) mass is 400 g/mol. The molecule has 0 saturated carbocycles. The minimum absolute atomic E-state index is 0.0511. The van der Waals surface area contributed by atoms with Gasteiger partial charge in [0, 0.05) is 36.6 Å². The number of hydrogen-bond donors (Lipinski definition) is 1. The van der Waals surface area contributed by atoms with Gasteiger partial charge in [0.2, 0.25) is 0 Å². The van der Waals surface area contributed by atoms with E-state index in [1.165, 1.54) is 18.4 Å². The first kappa shape index (κ1) is 20.1. The number of benzene rings is 2. The Morgan fingerprint density at radius 2 is 1.67 bits per heavy atom. The molecule has 1 aromatic heterocycles. The highest BCUT2D eigenvalue weighted by atomic mass is 16.1. The number of hydrogen-bond acceptors (Lipinski definition) is 4. The van der Waals surface area contributed by atoms with Crippen molar-refractivity contribution in [3.8, 4) is 11.3 Å². The number of amides is 1. The average Bonchev–Trinajstić information content (AvgIpc) is 3.34. The van der Waals surface area contributed by atoms with Gasteiger partial charge in [0.25, 0.3) is 5.91 Å². The van der Waals surface area contributed by atoms with Gasteiger partial charge in [-0.25, -0.2) is 4.98 Å². The normalized spacial score (nSPS) is 14.5. The molecule has 0 bridgehead atoms. The van der Waals surface area contributed by atoms with E-state index in [9.17, 15) is 4.79 Å². The first-order valence-corrected chi connectivity index (χ1v) is 10.7.